The predicted octanol–water partition coefficient (Wildman–Crippen LogP) is 1.70. The smallest absolute Gasteiger partial charge is 0.192 e. The van der Waals surface area contributed by atoms with Gasteiger partial charge in [0.25, 0.3) is 0 Å². The molecule has 0 saturated heterocycles. The molecule has 0 N–H and O–H groups in total. The van der Waals surface area contributed by atoms with Crippen molar-refractivity contribution in [2.24, 2.45) is 0 Å². The number of rotatable bonds is 4. The molecule has 0 aliphatic rings. The van der Waals surface area contributed by atoms with Crippen LogP contribution in [0.4, 0.5) is 0 Å². The summed E-state index contributed by atoms with van der Waals surface area (Å²) in [5.41, 5.74) is 0.0137. The fraction of sp³-hybridized carbons (Fsp3) is 0.727. The zero-order valence-electron chi connectivity index (χ0n) is 10.5. The van der Waals surface area contributed by atoms with Gasteiger partial charge in [0, 0.05) is 0 Å². The fourth-order valence-electron chi connectivity index (χ4n) is 0.856. The van der Waals surface area contributed by atoms with Gasteiger partial charge in [-0.1, -0.05) is 27.4 Å². The Labute approximate surface area is 93.3 Å². The van der Waals surface area contributed by atoms with Gasteiger partial charge in [-0.15, -0.1) is 0 Å². The third-order valence-electron chi connectivity index (χ3n) is 3.03. The Bertz CT molecular complexity index is 263. The van der Waals surface area contributed by atoms with Gasteiger partial charge in [0.05, 0.1) is 12.1 Å². The molecule has 0 fully saturated rings. The van der Waals surface area contributed by atoms with Crippen molar-refractivity contribution in [3.63, 3.8) is 0 Å². The van der Waals surface area contributed by atoms with Crippen molar-refractivity contribution >= 4 is 14.3 Å². The molecule has 0 radical (unpaired) electrons. The Balaban J connectivity index is 4.61. The maximum Gasteiger partial charge on any atom is 0.192 e. The average molecular weight is 229 g/mol. The first-order valence-corrected chi connectivity index (χ1v) is 7.98. The highest BCUT2D eigenvalue weighted by Gasteiger charge is 2.38. The van der Waals surface area contributed by atoms with Crippen LogP contribution in [-0.4, -0.2) is 20.4 Å². The van der Waals surface area contributed by atoms with E-state index in [4.69, 9.17) is 4.43 Å². The summed E-state index contributed by atoms with van der Waals surface area (Å²) in [4.78, 5) is 10.6. The number of aliphatic carboxylic acids is 1. The molecule has 15 heavy (non-hydrogen) atoms. The summed E-state index contributed by atoms with van der Waals surface area (Å²) < 4.78 is 5.84. The van der Waals surface area contributed by atoms with Crippen LogP contribution < -0.4 is 5.11 Å². The molecule has 0 aromatic rings. The minimum absolute atomic E-state index is 0.0137. The van der Waals surface area contributed by atoms with Crippen LogP contribution in [0.1, 0.15) is 27.7 Å². The van der Waals surface area contributed by atoms with E-state index in [1.807, 2.05) is 0 Å². The molecule has 0 aliphatic heterocycles. The lowest BCUT2D eigenvalue weighted by atomic mass is 10.2. The van der Waals surface area contributed by atoms with E-state index in [0.717, 1.165) is 0 Å². The molecule has 0 amide bonds. The monoisotopic (exact) mass is 229 g/mol. The first-order valence-electron chi connectivity index (χ1n) is 5.07. The molecular formula is C11H21O3Si-. The maximum absolute atomic E-state index is 10.6. The highest BCUT2D eigenvalue weighted by atomic mass is 28.4. The first-order chi connectivity index (χ1) is 6.49. The van der Waals surface area contributed by atoms with Crippen molar-refractivity contribution in [3.8, 4) is 0 Å². The molecule has 1 unspecified atom stereocenters. The van der Waals surface area contributed by atoms with Gasteiger partial charge >= 0.3 is 0 Å². The van der Waals surface area contributed by atoms with Gasteiger partial charge in [-0.25, -0.2) is 0 Å². The minimum atomic E-state index is -1.93. The van der Waals surface area contributed by atoms with E-state index >= 15 is 0 Å². The third kappa shape index (κ3) is 3.79. The van der Waals surface area contributed by atoms with Crippen molar-refractivity contribution < 1.29 is 14.3 Å². The first kappa shape index (κ1) is 14.4. The lowest BCUT2D eigenvalue weighted by molar-refractivity contribution is -0.300. The van der Waals surface area contributed by atoms with Crippen LogP contribution in [0.15, 0.2) is 12.2 Å². The van der Waals surface area contributed by atoms with Crippen LogP contribution in [0.3, 0.4) is 0 Å². The summed E-state index contributed by atoms with van der Waals surface area (Å²) in [6.45, 7) is 15.6. The van der Waals surface area contributed by atoms with Crippen LogP contribution >= 0.6 is 0 Å². The molecular weight excluding hydrogens is 208 g/mol. The lowest BCUT2D eigenvalue weighted by Gasteiger charge is -2.39. The van der Waals surface area contributed by atoms with Crippen LogP contribution in [0.25, 0.3) is 0 Å². The van der Waals surface area contributed by atoms with Crippen LogP contribution in [0, 0.1) is 0 Å². The molecule has 0 spiro atoms. The van der Waals surface area contributed by atoms with Crippen molar-refractivity contribution in [1.82, 2.24) is 0 Å². The fourth-order valence-corrected chi connectivity index (χ4v) is 2.24. The summed E-state index contributed by atoms with van der Waals surface area (Å²) in [5, 5.41) is 10.7. The summed E-state index contributed by atoms with van der Waals surface area (Å²) in [6.07, 6.45) is -0.476. The highest BCUT2D eigenvalue weighted by Crippen LogP contribution is 2.37. The molecule has 1 atom stereocenters. The number of carboxylic acids is 1. The zero-order valence-corrected chi connectivity index (χ0v) is 11.5. The summed E-state index contributed by atoms with van der Waals surface area (Å²) in [7, 11) is -1.93. The van der Waals surface area contributed by atoms with Gasteiger partial charge < -0.3 is 14.3 Å². The number of hydrogen-bond acceptors (Lipinski definition) is 3. The second kappa shape index (κ2) is 4.49. The lowest BCUT2D eigenvalue weighted by Crippen LogP contribution is -2.45. The van der Waals surface area contributed by atoms with E-state index in [1.165, 1.54) is 0 Å². The molecule has 0 heterocycles. The highest BCUT2D eigenvalue weighted by molar-refractivity contribution is 6.74. The van der Waals surface area contributed by atoms with E-state index in [-0.39, 0.29) is 10.6 Å². The molecule has 0 aromatic carbocycles. The van der Waals surface area contributed by atoms with Crippen molar-refractivity contribution in [2.45, 2.75) is 51.9 Å². The molecule has 0 bridgehead atoms. The average Bonchev–Trinajstić information content (AvgIpc) is 1.99. The number of carboxylic acid groups (broad SMARTS) is 1. The third-order valence-corrected chi connectivity index (χ3v) is 7.59. The van der Waals surface area contributed by atoms with Gasteiger partial charge in [-0.3, -0.25) is 0 Å². The van der Waals surface area contributed by atoms with Crippen molar-refractivity contribution in [2.75, 3.05) is 0 Å². The van der Waals surface area contributed by atoms with Crippen LogP contribution in [-0.2, 0) is 9.22 Å². The van der Waals surface area contributed by atoms with Crippen LogP contribution in [0.2, 0.25) is 18.1 Å². The zero-order chi connectivity index (χ0) is 12.4. The Morgan fingerprint density at radius 2 is 1.80 bits per heavy atom. The quantitative estimate of drug-likeness (QED) is 0.544. The Kier molecular flexibility index (Phi) is 4.31. The molecule has 0 aliphatic carbocycles. The number of carbonyl (C=O) groups excluding carboxylic acids is 1. The number of carbonyl (C=O) groups is 1. The van der Waals surface area contributed by atoms with Gasteiger partial charge in [0.1, 0.15) is 0 Å². The Hall–Kier alpha value is -0.613. The van der Waals surface area contributed by atoms with Gasteiger partial charge in [-0.2, -0.15) is 0 Å². The van der Waals surface area contributed by atoms with Crippen molar-refractivity contribution in [3.05, 3.63) is 12.2 Å². The van der Waals surface area contributed by atoms with E-state index in [0.29, 0.717) is 0 Å². The largest absolute Gasteiger partial charge is 0.545 e. The van der Waals surface area contributed by atoms with E-state index in [2.05, 4.69) is 40.4 Å². The van der Waals surface area contributed by atoms with E-state index in [1.54, 1.807) is 6.92 Å². The van der Waals surface area contributed by atoms with Gasteiger partial charge in [-0.05, 0) is 30.6 Å². The number of hydrogen-bond donors (Lipinski definition) is 0. The Morgan fingerprint density at radius 1 is 1.40 bits per heavy atom. The SMILES string of the molecule is C=C(C(=O)[O-])C(C)O[Si](C)(C)C(C)(C)C. The molecule has 88 valence electrons. The second-order valence-electron chi connectivity index (χ2n) is 5.33. The van der Waals surface area contributed by atoms with Crippen LogP contribution in [0.5, 0.6) is 0 Å². The van der Waals surface area contributed by atoms with Gasteiger partial charge in [0.2, 0.25) is 0 Å². The Morgan fingerprint density at radius 3 is 2.07 bits per heavy atom. The molecule has 3 nitrogen and oxygen atoms in total. The summed E-state index contributed by atoms with van der Waals surface area (Å²) >= 11 is 0. The minimum Gasteiger partial charge on any atom is -0.545 e. The molecule has 0 aromatic heterocycles. The van der Waals surface area contributed by atoms with Gasteiger partial charge in [0.15, 0.2) is 8.32 Å². The maximum atomic E-state index is 10.6. The summed E-state index contributed by atoms with van der Waals surface area (Å²) in [5.74, 6) is -1.23. The van der Waals surface area contributed by atoms with E-state index < -0.39 is 20.4 Å². The molecule has 4 heteroatoms. The topological polar surface area (TPSA) is 49.4 Å². The second-order valence-corrected chi connectivity index (χ2v) is 10.1. The van der Waals surface area contributed by atoms with Crippen molar-refractivity contribution in [1.29, 1.82) is 0 Å². The standard InChI is InChI=1S/C11H22O3Si/c1-8(10(12)13)9(2)14-15(6,7)11(3,4)5/h9H,1H2,2-7H3,(H,12,13)/p-1. The summed E-state index contributed by atoms with van der Waals surface area (Å²) in [6, 6.07) is 0. The molecule has 0 rings (SSSR count). The van der Waals surface area contributed by atoms with E-state index in [9.17, 15) is 9.90 Å². The normalized spacial score (nSPS) is 14.8. The predicted molar refractivity (Wildman–Crippen MR) is 61.9 cm³/mol. The molecule has 0 saturated carbocycles.